The number of carbonyl (C=O) groups is 1. The van der Waals surface area contributed by atoms with Crippen molar-refractivity contribution in [3.8, 4) is 11.4 Å². The molecule has 0 radical (unpaired) electrons. The Bertz CT molecular complexity index is 948. The minimum atomic E-state index is -0.322. The van der Waals surface area contributed by atoms with E-state index in [1.54, 1.807) is 13.2 Å². The number of aromatic nitrogens is 3. The summed E-state index contributed by atoms with van der Waals surface area (Å²) in [4.78, 5) is 13.9. The van der Waals surface area contributed by atoms with Gasteiger partial charge in [0.15, 0.2) is 5.69 Å². The van der Waals surface area contributed by atoms with E-state index in [0.29, 0.717) is 23.7 Å². The second kappa shape index (κ2) is 8.20. The number of benzene rings is 2. The lowest BCUT2D eigenvalue weighted by atomic mass is 10.1. The van der Waals surface area contributed by atoms with Crippen LogP contribution in [0.2, 0.25) is 0 Å². The fourth-order valence-corrected chi connectivity index (χ4v) is 2.98. The van der Waals surface area contributed by atoms with Gasteiger partial charge in [0, 0.05) is 24.8 Å². The number of nitrogens with one attached hydrogen (secondary N) is 2. The van der Waals surface area contributed by atoms with E-state index >= 15 is 0 Å². The quantitative estimate of drug-likeness (QED) is 0.706. The first-order valence-corrected chi connectivity index (χ1v) is 9.03. The van der Waals surface area contributed by atoms with E-state index in [1.807, 2.05) is 42.5 Å². The number of hydrogen-bond acceptors (Lipinski definition) is 6. The third-order valence-corrected chi connectivity index (χ3v) is 4.48. The summed E-state index contributed by atoms with van der Waals surface area (Å²) in [5.74, 6) is 0.371. The molecule has 4 rings (SSSR count). The molecule has 8 heteroatoms. The molecule has 1 aliphatic heterocycles. The minimum Gasteiger partial charge on any atom is -0.497 e. The molecule has 2 heterocycles. The van der Waals surface area contributed by atoms with Crippen LogP contribution in [0.3, 0.4) is 0 Å². The van der Waals surface area contributed by atoms with E-state index < -0.39 is 0 Å². The standard InChI is InChI=1S/C20H21N5O3/c1-27-17-4-2-3-16(11-17)25-22-12-18(24-25)20(26)23-15-7-5-14(6-8-15)19-13-21-9-10-28-19/h2-8,11-12,19,21H,9-10,13H2,1H3,(H,23,26)/t19-/m1/s1. The van der Waals surface area contributed by atoms with E-state index in [4.69, 9.17) is 9.47 Å². The zero-order valence-electron chi connectivity index (χ0n) is 15.5. The topological polar surface area (TPSA) is 90.3 Å². The number of nitrogens with zero attached hydrogens (tertiary/aromatic N) is 3. The number of ether oxygens (including phenoxy) is 2. The average molecular weight is 379 g/mol. The predicted molar refractivity (Wildman–Crippen MR) is 104 cm³/mol. The summed E-state index contributed by atoms with van der Waals surface area (Å²) in [7, 11) is 1.59. The molecule has 2 aromatic carbocycles. The van der Waals surface area contributed by atoms with Crippen molar-refractivity contribution in [3.63, 3.8) is 0 Å². The molecule has 2 N–H and O–H groups in total. The molecule has 0 bridgehead atoms. The molecule has 0 aliphatic carbocycles. The molecule has 1 fully saturated rings. The number of amides is 1. The van der Waals surface area contributed by atoms with E-state index in [1.165, 1.54) is 11.0 Å². The van der Waals surface area contributed by atoms with Gasteiger partial charge in [0.05, 0.1) is 31.7 Å². The van der Waals surface area contributed by atoms with Gasteiger partial charge in [-0.15, -0.1) is 5.10 Å². The molecule has 28 heavy (non-hydrogen) atoms. The normalized spacial score (nSPS) is 16.5. The van der Waals surface area contributed by atoms with E-state index in [9.17, 15) is 4.79 Å². The summed E-state index contributed by atoms with van der Waals surface area (Å²) in [6, 6.07) is 14.9. The zero-order chi connectivity index (χ0) is 19.3. The maximum atomic E-state index is 12.5. The summed E-state index contributed by atoms with van der Waals surface area (Å²) in [6.45, 7) is 2.37. The third-order valence-electron chi connectivity index (χ3n) is 4.48. The smallest absolute Gasteiger partial charge is 0.277 e. The third kappa shape index (κ3) is 4.03. The van der Waals surface area contributed by atoms with Gasteiger partial charge in [0.1, 0.15) is 5.75 Å². The second-order valence-corrected chi connectivity index (χ2v) is 6.36. The van der Waals surface area contributed by atoms with Gasteiger partial charge in [-0.25, -0.2) is 0 Å². The van der Waals surface area contributed by atoms with Crippen LogP contribution in [0, 0.1) is 0 Å². The Morgan fingerprint density at radius 1 is 1.29 bits per heavy atom. The van der Waals surface area contributed by atoms with E-state index in [-0.39, 0.29) is 17.7 Å². The maximum absolute atomic E-state index is 12.5. The van der Waals surface area contributed by atoms with Gasteiger partial charge in [-0.05, 0) is 29.8 Å². The Morgan fingerprint density at radius 2 is 2.14 bits per heavy atom. The fourth-order valence-electron chi connectivity index (χ4n) is 2.98. The summed E-state index contributed by atoms with van der Waals surface area (Å²) in [5, 5.41) is 14.6. The van der Waals surface area contributed by atoms with Crippen LogP contribution in [-0.4, -0.2) is 47.7 Å². The van der Waals surface area contributed by atoms with Crippen LogP contribution in [0.5, 0.6) is 5.75 Å². The molecule has 1 aliphatic rings. The summed E-state index contributed by atoms with van der Waals surface area (Å²) in [5.41, 5.74) is 2.71. The molecule has 1 amide bonds. The molecule has 3 aromatic rings. The van der Waals surface area contributed by atoms with Gasteiger partial charge < -0.3 is 20.1 Å². The molecular weight excluding hydrogens is 358 g/mol. The highest BCUT2D eigenvalue weighted by molar-refractivity contribution is 6.02. The first kappa shape index (κ1) is 18.1. The van der Waals surface area contributed by atoms with Crippen molar-refractivity contribution in [1.82, 2.24) is 20.3 Å². The number of rotatable bonds is 5. The summed E-state index contributed by atoms with van der Waals surface area (Å²) >= 11 is 0. The average Bonchev–Trinajstić information content (AvgIpc) is 3.25. The molecule has 144 valence electrons. The highest BCUT2D eigenvalue weighted by Gasteiger charge is 2.16. The lowest BCUT2D eigenvalue weighted by molar-refractivity contribution is 0.0277. The number of hydrogen-bond donors (Lipinski definition) is 2. The van der Waals surface area contributed by atoms with Crippen LogP contribution in [-0.2, 0) is 4.74 Å². The second-order valence-electron chi connectivity index (χ2n) is 6.36. The first-order valence-electron chi connectivity index (χ1n) is 9.03. The van der Waals surface area contributed by atoms with Crippen molar-refractivity contribution >= 4 is 11.6 Å². The van der Waals surface area contributed by atoms with Crippen LogP contribution in [0.25, 0.3) is 5.69 Å². The molecule has 0 spiro atoms. The lowest BCUT2D eigenvalue weighted by Gasteiger charge is -2.24. The van der Waals surface area contributed by atoms with Crippen LogP contribution in [0.1, 0.15) is 22.2 Å². The van der Waals surface area contributed by atoms with Crippen LogP contribution in [0.4, 0.5) is 5.69 Å². The van der Waals surface area contributed by atoms with Crippen molar-refractivity contribution in [2.75, 3.05) is 32.1 Å². The van der Waals surface area contributed by atoms with Gasteiger partial charge >= 0.3 is 0 Å². The van der Waals surface area contributed by atoms with E-state index in [2.05, 4.69) is 20.8 Å². The van der Waals surface area contributed by atoms with Gasteiger partial charge in [-0.2, -0.15) is 9.90 Å². The Morgan fingerprint density at radius 3 is 2.89 bits per heavy atom. The Balaban J connectivity index is 1.43. The van der Waals surface area contributed by atoms with Gasteiger partial charge in [-0.1, -0.05) is 18.2 Å². The number of morpholine rings is 1. The van der Waals surface area contributed by atoms with Crippen LogP contribution in [0.15, 0.2) is 54.7 Å². The highest BCUT2D eigenvalue weighted by Crippen LogP contribution is 2.21. The molecule has 0 saturated carbocycles. The molecule has 0 unspecified atom stereocenters. The van der Waals surface area contributed by atoms with Gasteiger partial charge in [0.2, 0.25) is 0 Å². The lowest BCUT2D eigenvalue weighted by Crippen LogP contribution is -2.33. The number of anilines is 1. The van der Waals surface area contributed by atoms with Crippen molar-refractivity contribution in [2.45, 2.75) is 6.10 Å². The van der Waals surface area contributed by atoms with Gasteiger partial charge in [-0.3, -0.25) is 4.79 Å². The largest absolute Gasteiger partial charge is 0.497 e. The predicted octanol–water partition coefficient (Wildman–Crippen LogP) is 2.19. The number of carbonyl (C=O) groups excluding carboxylic acids is 1. The Kier molecular flexibility index (Phi) is 5.31. The Hall–Kier alpha value is -3.23. The first-order chi connectivity index (χ1) is 13.7. The van der Waals surface area contributed by atoms with Gasteiger partial charge in [0.25, 0.3) is 5.91 Å². The summed E-state index contributed by atoms with van der Waals surface area (Å²) in [6.07, 6.45) is 1.48. The van der Waals surface area contributed by atoms with Crippen molar-refractivity contribution in [2.24, 2.45) is 0 Å². The van der Waals surface area contributed by atoms with Crippen molar-refractivity contribution < 1.29 is 14.3 Å². The molecule has 1 atom stereocenters. The monoisotopic (exact) mass is 379 g/mol. The van der Waals surface area contributed by atoms with Crippen LogP contribution >= 0.6 is 0 Å². The van der Waals surface area contributed by atoms with Crippen molar-refractivity contribution in [3.05, 3.63) is 66.0 Å². The molecular formula is C20H21N5O3. The zero-order valence-corrected chi connectivity index (χ0v) is 15.5. The number of methoxy groups -OCH3 is 1. The SMILES string of the molecule is COc1cccc(-n2ncc(C(=O)Nc3ccc([C@H]4CNCCO4)cc3)n2)c1. The molecule has 1 saturated heterocycles. The highest BCUT2D eigenvalue weighted by atomic mass is 16.5. The molecule has 1 aromatic heterocycles. The molecule has 8 nitrogen and oxygen atoms in total. The maximum Gasteiger partial charge on any atom is 0.277 e. The Labute approximate surface area is 162 Å². The summed E-state index contributed by atoms with van der Waals surface area (Å²) < 4.78 is 10.9. The minimum absolute atomic E-state index is 0.0428. The van der Waals surface area contributed by atoms with E-state index in [0.717, 1.165) is 18.7 Å². The van der Waals surface area contributed by atoms with Crippen LogP contribution < -0.4 is 15.4 Å². The van der Waals surface area contributed by atoms with Crippen molar-refractivity contribution in [1.29, 1.82) is 0 Å². The fraction of sp³-hybridized carbons (Fsp3) is 0.250.